The van der Waals surface area contributed by atoms with Crippen molar-refractivity contribution in [1.82, 2.24) is 0 Å². The van der Waals surface area contributed by atoms with Crippen molar-refractivity contribution in [3.63, 3.8) is 0 Å². The van der Waals surface area contributed by atoms with Crippen LogP contribution in [-0.2, 0) is 0 Å². The zero-order chi connectivity index (χ0) is 14.0. The molecule has 0 radical (unpaired) electrons. The summed E-state index contributed by atoms with van der Waals surface area (Å²) in [5, 5.41) is 0. The van der Waals surface area contributed by atoms with E-state index in [4.69, 9.17) is 4.74 Å². The number of rotatable bonds is 4. The minimum absolute atomic E-state index is 0.00857. The molecule has 0 aliphatic rings. The number of ether oxygens (including phenoxy) is 1. The number of aryl methyl sites for hydroxylation is 2. The molecule has 0 aliphatic heterocycles. The highest BCUT2D eigenvalue weighted by Crippen LogP contribution is 2.25. The van der Waals surface area contributed by atoms with E-state index in [0.717, 1.165) is 20.7 Å². The van der Waals surface area contributed by atoms with Crippen LogP contribution >= 0.6 is 27.3 Å². The molecule has 0 saturated carbocycles. The minimum atomic E-state index is 0.00857. The summed E-state index contributed by atoms with van der Waals surface area (Å²) in [6.45, 7) is 6.16. The summed E-state index contributed by atoms with van der Waals surface area (Å²) in [4.78, 5) is 12.7. The van der Waals surface area contributed by atoms with Crippen molar-refractivity contribution in [3.8, 4) is 5.75 Å². The number of hydrogen-bond acceptors (Lipinski definition) is 3. The smallest absolute Gasteiger partial charge is 0.210 e. The summed E-state index contributed by atoms with van der Waals surface area (Å²) in [5.74, 6) is 0.802. The number of ketones is 1. The van der Waals surface area contributed by atoms with Gasteiger partial charge in [0.25, 0.3) is 0 Å². The first-order chi connectivity index (χ1) is 8.97. The molecule has 1 heterocycles. The lowest BCUT2D eigenvalue weighted by Crippen LogP contribution is -2.11. The van der Waals surface area contributed by atoms with E-state index in [2.05, 4.69) is 22.0 Å². The molecular weight excluding hydrogens is 324 g/mol. The summed E-state index contributed by atoms with van der Waals surface area (Å²) in [6.07, 6.45) is 0. The minimum Gasteiger partial charge on any atom is -0.485 e. The molecule has 19 heavy (non-hydrogen) atoms. The van der Waals surface area contributed by atoms with Crippen LogP contribution in [0.15, 0.2) is 28.1 Å². The Bertz CT molecular complexity index is 617. The number of carbonyl (C=O) groups excluding carboxylic acids is 1. The van der Waals surface area contributed by atoms with Crippen molar-refractivity contribution in [2.75, 3.05) is 6.61 Å². The highest BCUT2D eigenvalue weighted by Gasteiger charge is 2.11. The van der Waals surface area contributed by atoms with Crippen LogP contribution in [0, 0.1) is 20.8 Å². The van der Waals surface area contributed by atoms with E-state index >= 15 is 0 Å². The highest BCUT2D eigenvalue weighted by atomic mass is 79.9. The number of halogens is 1. The Morgan fingerprint density at radius 2 is 2.00 bits per heavy atom. The summed E-state index contributed by atoms with van der Waals surface area (Å²) in [5.41, 5.74) is 3.41. The molecule has 0 fully saturated rings. The maximum absolute atomic E-state index is 12.0. The number of benzene rings is 1. The summed E-state index contributed by atoms with van der Waals surface area (Å²) >= 11 is 4.78. The summed E-state index contributed by atoms with van der Waals surface area (Å²) < 4.78 is 6.62. The van der Waals surface area contributed by atoms with Crippen molar-refractivity contribution in [1.29, 1.82) is 0 Å². The van der Waals surface area contributed by atoms with E-state index < -0.39 is 0 Å². The monoisotopic (exact) mass is 338 g/mol. The molecule has 0 aliphatic carbocycles. The fraction of sp³-hybridized carbons (Fsp3) is 0.267. The molecule has 4 heteroatoms. The number of thiophene rings is 1. The van der Waals surface area contributed by atoms with Gasteiger partial charge in [-0.2, -0.15) is 0 Å². The fourth-order valence-corrected chi connectivity index (χ4v) is 3.14. The van der Waals surface area contributed by atoms with Gasteiger partial charge in [0.2, 0.25) is 5.78 Å². The van der Waals surface area contributed by atoms with Gasteiger partial charge in [0.15, 0.2) is 6.61 Å². The molecule has 0 bridgehead atoms. The van der Waals surface area contributed by atoms with Gasteiger partial charge in [0.05, 0.1) is 8.66 Å². The number of Topliss-reactive ketones (excluding diaryl/α,β-unsaturated/α-hetero) is 1. The lowest BCUT2D eigenvalue weighted by atomic mass is 10.1. The van der Waals surface area contributed by atoms with E-state index in [1.54, 1.807) is 0 Å². The zero-order valence-corrected chi connectivity index (χ0v) is 13.5. The van der Waals surface area contributed by atoms with E-state index in [9.17, 15) is 4.79 Å². The highest BCUT2D eigenvalue weighted by molar-refractivity contribution is 9.11. The third-order valence-corrected chi connectivity index (χ3v) is 4.64. The van der Waals surface area contributed by atoms with E-state index in [1.165, 1.54) is 16.9 Å². The van der Waals surface area contributed by atoms with Gasteiger partial charge in [0.1, 0.15) is 5.75 Å². The van der Waals surface area contributed by atoms with Gasteiger partial charge in [-0.05, 0) is 71.6 Å². The maximum atomic E-state index is 12.0. The summed E-state index contributed by atoms with van der Waals surface area (Å²) in [7, 11) is 0. The first-order valence-electron chi connectivity index (χ1n) is 5.96. The lowest BCUT2D eigenvalue weighted by molar-refractivity contribution is 0.0925. The fourth-order valence-electron chi connectivity index (χ4n) is 1.83. The van der Waals surface area contributed by atoms with Crippen LogP contribution in [0.4, 0.5) is 0 Å². The number of carbonyl (C=O) groups is 1. The van der Waals surface area contributed by atoms with Crippen LogP contribution in [0.5, 0.6) is 5.75 Å². The Kier molecular flexibility index (Phi) is 4.42. The van der Waals surface area contributed by atoms with Crippen LogP contribution in [0.25, 0.3) is 0 Å². The Balaban J connectivity index is 2.09. The van der Waals surface area contributed by atoms with Crippen LogP contribution in [0.1, 0.15) is 26.4 Å². The molecule has 0 saturated heterocycles. The zero-order valence-electron chi connectivity index (χ0n) is 11.1. The van der Waals surface area contributed by atoms with Gasteiger partial charge >= 0.3 is 0 Å². The first-order valence-corrected chi connectivity index (χ1v) is 7.57. The van der Waals surface area contributed by atoms with Crippen molar-refractivity contribution >= 4 is 33.0 Å². The molecule has 0 spiro atoms. The Morgan fingerprint density at radius 3 is 2.63 bits per heavy atom. The van der Waals surface area contributed by atoms with Crippen molar-refractivity contribution in [3.05, 3.63) is 49.6 Å². The quantitative estimate of drug-likeness (QED) is 0.755. The Morgan fingerprint density at radius 1 is 1.26 bits per heavy atom. The third kappa shape index (κ3) is 3.45. The largest absolute Gasteiger partial charge is 0.485 e. The van der Waals surface area contributed by atoms with Crippen molar-refractivity contribution in [2.24, 2.45) is 0 Å². The van der Waals surface area contributed by atoms with Crippen LogP contribution in [0.2, 0.25) is 0 Å². The van der Waals surface area contributed by atoms with Gasteiger partial charge < -0.3 is 4.74 Å². The van der Waals surface area contributed by atoms with Crippen LogP contribution in [0.3, 0.4) is 0 Å². The molecule has 2 nitrogen and oxygen atoms in total. The molecule has 1 aromatic carbocycles. The third-order valence-electron chi connectivity index (χ3n) is 2.97. The molecule has 0 amide bonds. The average molecular weight is 339 g/mol. The summed E-state index contributed by atoms with van der Waals surface area (Å²) in [6, 6.07) is 7.77. The van der Waals surface area contributed by atoms with E-state index in [-0.39, 0.29) is 12.4 Å². The van der Waals surface area contributed by atoms with Gasteiger partial charge in [-0.25, -0.2) is 0 Å². The van der Waals surface area contributed by atoms with Gasteiger partial charge in [0, 0.05) is 0 Å². The standard InChI is InChI=1S/C15H15BrO2S/c1-9-6-10(2)11(3)13(7-9)18-8-12(17)14-4-5-15(16)19-14/h4-7H,8H2,1-3H3. The number of hydrogen-bond donors (Lipinski definition) is 0. The SMILES string of the molecule is Cc1cc(C)c(C)c(OCC(=O)c2ccc(Br)s2)c1. The van der Waals surface area contributed by atoms with Crippen LogP contribution in [-0.4, -0.2) is 12.4 Å². The maximum Gasteiger partial charge on any atom is 0.210 e. The molecule has 0 atom stereocenters. The lowest BCUT2D eigenvalue weighted by Gasteiger charge is -2.11. The molecule has 1 aromatic heterocycles. The van der Waals surface area contributed by atoms with Crippen LogP contribution < -0.4 is 4.74 Å². The molecule has 100 valence electrons. The molecule has 2 rings (SSSR count). The first kappa shape index (κ1) is 14.3. The predicted octanol–water partition coefficient (Wildman–Crippen LogP) is 4.70. The van der Waals surface area contributed by atoms with Crippen molar-refractivity contribution < 1.29 is 9.53 Å². The second-order valence-corrected chi connectivity index (χ2v) is 6.98. The van der Waals surface area contributed by atoms with Crippen molar-refractivity contribution in [2.45, 2.75) is 20.8 Å². The predicted molar refractivity (Wildman–Crippen MR) is 82.5 cm³/mol. The van der Waals surface area contributed by atoms with E-state index in [1.807, 2.05) is 39.0 Å². The van der Waals surface area contributed by atoms with Gasteiger partial charge in [-0.3, -0.25) is 4.79 Å². The molecule has 2 aromatic rings. The molecule has 0 unspecified atom stereocenters. The topological polar surface area (TPSA) is 26.3 Å². The average Bonchev–Trinajstić information content (AvgIpc) is 2.78. The second-order valence-electron chi connectivity index (χ2n) is 4.52. The normalized spacial score (nSPS) is 10.5. The van der Waals surface area contributed by atoms with Gasteiger partial charge in [-0.15, -0.1) is 11.3 Å². The van der Waals surface area contributed by atoms with E-state index in [0.29, 0.717) is 4.88 Å². The molecule has 0 N–H and O–H groups in total. The molecular formula is C15H15BrO2S. The second kappa shape index (κ2) is 5.88. The Hall–Kier alpha value is -1.13. The Labute approximate surface area is 125 Å². The van der Waals surface area contributed by atoms with Gasteiger partial charge in [-0.1, -0.05) is 6.07 Å².